The van der Waals surface area contributed by atoms with Crippen LogP contribution < -0.4 is 5.32 Å². The lowest BCUT2D eigenvalue weighted by molar-refractivity contribution is -0.137. The molecule has 0 unspecified atom stereocenters. The van der Waals surface area contributed by atoms with Gasteiger partial charge in [-0.25, -0.2) is 4.98 Å². The molecule has 0 aliphatic rings. The van der Waals surface area contributed by atoms with E-state index >= 15 is 0 Å². The van der Waals surface area contributed by atoms with Crippen molar-refractivity contribution in [3.05, 3.63) is 41.2 Å². The fourth-order valence-corrected chi connectivity index (χ4v) is 2.09. The van der Waals surface area contributed by atoms with Crippen LogP contribution in [0.25, 0.3) is 5.69 Å². The standard InChI is InChI=1S/C15H18F3N3/c1-9(2)19-14-20-11(4)8-21(14)13-7-12(15(16,17)18)6-5-10(13)3/h5-9H,1-4H3,(H,19,20). The summed E-state index contributed by atoms with van der Waals surface area (Å²) in [7, 11) is 0. The number of hydrogen-bond donors (Lipinski definition) is 1. The lowest BCUT2D eigenvalue weighted by atomic mass is 10.1. The van der Waals surface area contributed by atoms with E-state index in [2.05, 4.69) is 10.3 Å². The minimum atomic E-state index is -4.36. The van der Waals surface area contributed by atoms with Crippen LogP contribution in [0.5, 0.6) is 0 Å². The van der Waals surface area contributed by atoms with Crippen molar-refractivity contribution in [2.45, 2.75) is 39.9 Å². The van der Waals surface area contributed by atoms with Gasteiger partial charge >= 0.3 is 6.18 Å². The third kappa shape index (κ3) is 3.37. The fraction of sp³-hybridized carbons (Fsp3) is 0.400. The van der Waals surface area contributed by atoms with Crippen molar-refractivity contribution in [3.63, 3.8) is 0 Å². The van der Waals surface area contributed by atoms with Gasteiger partial charge in [0.1, 0.15) is 0 Å². The number of alkyl halides is 3. The lowest BCUT2D eigenvalue weighted by Crippen LogP contribution is -2.15. The first-order chi connectivity index (χ1) is 9.68. The maximum Gasteiger partial charge on any atom is 0.416 e. The Morgan fingerprint density at radius 2 is 1.86 bits per heavy atom. The van der Waals surface area contributed by atoms with E-state index in [4.69, 9.17) is 0 Å². The first-order valence-corrected chi connectivity index (χ1v) is 6.69. The highest BCUT2D eigenvalue weighted by molar-refractivity contribution is 5.50. The van der Waals surface area contributed by atoms with Gasteiger partial charge in [-0.15, -0.1) is 0 Å². The molecule has 114 valence electrons. The zero-order valence-electron chi connectivity index (χ0n) is 12.4. The van der Waals surface area contributed by atoms with Crippen LogP contribution >= 0.6 is 0 Å². The van der Waals surface area contributed by atoms with Crippen molar-refractivity contribution in [1.29, 1.82) is 0 Å². The second-order valence-corrected chi connectivity index (χ2v) is 5.37. The minimum Gasteiger partial charge on any atom is -0.353 e. The van der Waals surface area contributed by atoms with Crippen LogP contribution in [-0.4, -0.2) is 15.6 Å². The summed E-state index contributed by atoms with van der Waals surface area (Å²) in [6, 6.07) is 3.86. The predicted octanol–water partition coefficient (Wildman–Crippen LogP) is 4.33. The predicted molar refractivity (Wildman–Crippen MR) is 76.8 cm³/mol. The largest absolute Gasteiger partial charge is 0.416 e. The van der Waals surface area contributed by atoms with Gasteiger partial charge in [-0.2, -0.15) is 13.2 Å². The van der Waals surface area contributed by atoms with Crippen LogP contribution in [-0.2, 0) is 6.18 Å². The van der Waals surface area contributed by atoms with Gasteiger partial charge in [0.15, 0.2) is 0 Å². The summed E-state index contributed by atoms with van der Waals surface area (Å²) >= 11 is 0. The third-order valence-corrected chi connectivity index (χ3v) is 3.04. The Balaban J connectivity index is 2.56. The Hall–Kier alpha value is -1.98. The van der Waals surface area contributed by atoms with E-state index in [0.29, 0.717) is 11.6 Å². The van der Waals surface area contributed by atoms with Crippen molar-refractivity contribution in [1.82, 2.24) is 9.55 Å². The van der Waals surface area contributed by atoms with Crippen molar-refractivity contribution >= 4 is 5.95 Å². The highest BCUT2D eigenvalue weighted by Crippen LogP contribution is 2.32. The Bertz CT molecular complexity index is 642. The number of aryl methyl sites for hydroxylation is 2. The second kappa shape index (κ2) is 5.42. The molecule has 0 bridgehead atoms. The molecule has 1 heterocycles. The number of anilines is 1. The van der Waals surface area contributed by atoms with Gasteiger partial charge in [-0.1, -0.05) is 6.07 Å². The van der Waals surface area contributed by atoms with Gasteiger partial charge < -0.3 is 5.32 Å². The Kier molecular flexibility index (Phi) is 3.98. The molecule has 0 aliphatic heterocycles. The molecule has 2 rings (SSSR count). The highest BCUT2D eigenvalue weighted by Gasteiger charge is 2.31. The maximum atomic E-state index is 12.9. The summed E-state index contributed by atoms with van der Waals surface area (Å²) in [4.78, 5) is 4.33. The molecule has 1 N–H and O–H groups in total. The van der Waals surface area contributed by atoms with Gasteiger partial charge in [-0.05, 0) is 45.4 Å². The highest BCUT2D eigenvalue weighted by atomic mass is 19.4. The molecule has 0 spiro atoms. The van der Waals surface area contributed by atoms with E-state index in [9.17, 15) is 13.2 Å². The second-order valence-electron chi connectivity index (χ2n) is 5.37. The SMILES string of the molecule is Cc1cn(-c2cc(C(F)(F)F)ccc2C)c(NC(C)C)n1. The third-order valence-electron chi connectivity index (χ3n) is 3.04. The summed E-state index contributed by atoms with van der Waals surface area (Å²) in [6.07, 6.45) is -2.63. The van der Waals surface area contributed by atoms with Crippen LogP contribution in [0.2, 0.25) is 0 Å². The quantitative estimate of drug-likeness (QED) is 0.914. The number of aromatic nitrogens is 2. The monoisotopic (exact) mass is 297 g/mol. The van der Waals surface area contributed by atoms with Crippen molar-refractivity contribution in [2.75, 3.05) is 5.32 Å². The van der Waals surface area contributed by atoms with Gasteiger partial charge in [0.05, 0.1) is 16.9 Å². The Labute approximate surface area is 121 Å². The summed E-state index contributed by atoms with van der Waals surface area (Å²) in [5.74, 6) is 0.546. The molecular weight excluding hydrogens is 279 g/mol. The summed E-state index contributed by atoms with van der Waals surface area (Å²) in [5, 5.41) is 3.15. The molecule has 2 aromatic rings. The summed E-state index contributed by atoms with van der Waals surface area (Å²) in [6.45, 7) is 7.50. The zero-order chi connectivity index (χ0) is 15.8. The first-order valence-electron chi connectivity index (χ1n) is 6.69. The molecule has 0 atom stereocenters. The topological polar surface area (TPSA) is 29.9 Å². The molecule has 0 amide bonds. The molecule has 0 saturated carbocycles. The van der Waals surface area contributed by atoms with Crippen LogP contribution in [0.3, 0.4) is 0 Å². The van der Waals surface area contributed by atoms with Gasteiger partial charge in [0.2, 0.25) is 5.95 Å². The number of nitrogens with one attached hydrogen (secondary N) is 1. The Morgan fingerprint density at radius 3 is 2.43 bits per heavy atom. The first kappa shape index (κ1) is 15.4. The minimum absolute atomic E-state index is 0.136. The number of rotatable bonds is 3. The number of imidazole rings is 1. The number of nitrogens with zero attached hydrogens (tertiary/aromatic N) is 2. The van der Waals surface area contributed by atoms with E-state index in [1.165, 1.54) is 6.07 Å². The molecule has 0 aliphatic carbocycles. The number of halogens is 3. The summed E-state index contributed by atoms with van der Waals surface area (Å²) < 4.78 is 40.3. The molecule has 6 heteroatoms. The van der Waals surface area contributed by atoms with E-state index in [1.54, 1.807) is 17.7 Å². The average Bonchev–Trinajstić information content (AvgIpc) is 2.68. The van der Waals surface area contributed by atoms with Gasteiger partial charge in [0, 0.05) is 12.2 Å². The van der Waals surface area contributed by atoms with Crippen molar-refractivity contribution in [2.24, 2.45) is 0 Å². The van der Waals surface area contributed by atoms with E-state index in [0.717, 1.165) is 23.4 Å². The lowest BCUT2D eigenvalue weighted by Gasteiger charge is -2.16. The van der Waals surface area contributed by atoms with E-state index in [-0.39, 0.29) is 6.04 Å². The van der Waals surface area contributed by atoms with E-state index < -0.39 is 11.7 Å². The smallest absolute Gasteiger partial charge is 0.353 e. The molecule has 1 aromatic carbocycles. The molecule has 1 aromatic heterocycles. The molecule has 21 heavy (non-hydrogen) atoms. The van der Waals surface area contributed by atoms with Crippen LogP contribution in [0.1, 0.15) is 30.7 Å². The maximum absolute atomic E-state index is 12.9. The van der Waals surface area contributed by atoms with Gasteiger partial charge in [0.25, 0.3) is 0 Å². The molecule has 0 saturated heterocycles. The van der Waals surface area contributed by atoms with Gasteiger partial charge in [-0.3, -0.25) is 4.57 Å². The molecule has 0 radical (unpaired) electrons. The average molecular weight is 297 g/mol. The molecular formula is C15H18F3N3. The molecule has 0 fully saturated rings. The van der Waals surface area contributed by atoms with Crippen LogP contribution in [0.15, 0.2) is 24.4 Å². The van der Waals surface area contributed by atoms with Crippen molar-refractivity contribution < 1.29 is 13.2 Å². The normalized spacial score (nSPS) is 12.0. The zero-order valence-corrected chi connectivity index (χ0v) is 12.4. The van der Waals surface area contributed by atoms with Crippen molar-refractivity contribution in [3.8, 4) is 5.69 Å². The van der Waals surface area contributed by atoms with Crippen LogP contribution in [0, 0.1) is 13.8 Å². The Morgan fingerprint density at radius 1 is 1.19 bits per heavy atom. The molecule has 3 nitrogen and oxygen atoms in total. The van der Waals surface area contributed by atoms with Crippen LogP contribution in [0.4, 0.5) is 19.1 Å². The van der Waals surface area contributed by atoms with E-state index in [1.807, 2.05) is 20.8 Å². The summed E-state index contributed by atoms with van der Waals surface area (Å²) in [5.41, 5.74) is 1.32. The fourth-order valence-electron chi connectivity index (χ4n) is 2.09. The number of hydrogen-bond acceptors (Lipinski definition) is 2. The number of benzene rings is 1.